The third-order valence-electron chi connectivity index (χ3n) is 10.6. The summed E-state index contributed by atoms with van der Waals surface area (Å²) in [7, 11) is -4.14. The molecule has 32 heteroatoms. The molecule has 0 saturated carbocycles. The Morgan fingerprint density at radius 1 is 0.662 bits per heavy atom. The molecule has 8 unspecified atom stereocenters. The number of nitrogens with one attached hydrogen (secondary N) is 4. The van der Waals surface area contributed by atoms with Crippen LogP contribution in [0.5, 0.6) is 0 Å². The van der Waals surface area contributed by atoms with E-state index in [2.05, 4.69) is 25.8 Å². The van der Waals surface area contributed by atoms with Crippen molar-refractivity contribution in [1.82, 2.24) is 41.2 Å². The Kier molecular flexibility index (Phi) is 34.9. The van der Waals surface area contributed by atoms with Gasteiger partial charge in [-0.15, -0.1) is 0 Å². The van der Waals surface area contributed by atoms with Crippen LogP contribution < -0.4 is 32.7 Å². The number of hydroxylamine groups is 4. The zero-order valence-corrected chi connectivity index (χ0v) is 45.8. The van der Waals surface area contributed by atoms with Gasteiger partial charge in [0, 0.05) is 98.5 Å². The van der Waals surface area contributed by atoms with Crippen LogP contribution in [0.2, 0.25) is 0 Å². The van der Waals surface area contributed by atoms with Gasteiger partial charge in [-0.1, -0.05) is 27.7 Å². The molecule has 8 amide bonds. The van der Waals surface area contributed by atoms with Gasteiger partial charge in [0.05, 0.1) is 63.9 Å². The zero-order chi connectivity index (χ0) is 56.6. The van der Waals surface area contributed by atoms with E-state index in [1.54, 1.807) is 41.5 Å². The minimum Gasteiger partial charge on any atom is -0.394 e. The Hall–Kier alpha value is -4.58. The van der Waals surface area contributed by atoms with E-state index in [0.29, 0.717) is 25.8 Å². The number of aliphatic hydroxyl groups excluding tert-OH is 1. The maximum absolute atomic E-state index is 12.2. The fraction of sp³-hybridized carbons (Fsp3) is 0.810. The number of aliphatic hydroxyl groups is 1. The number of carbonyl (C=O) groups excluding carboxylic acids is 8. The summed E-state index contributed by atoms with van der Waals surface area (Å²) in [4.78, 5) is 125. The average molecular weight is 1110 g/mol. The van der Waals surface area contributed by atoms with Crippen LogP contribution in [0.15, 0.2) is 0 Å². The van der Waals surface area contributed by atoms with Crippen molar-refractivity contribution in [1.29, 1.82) is 0 Å². The number of hydrogen-bond donors (Lipinski definition) is 9. The van der Waals surface area contributed by atoms with E-state index in [-0.39, 0.29) is 145 Å². The second-order valence-corrected chi connectivity index (χ2v) is 19.8. The number of carbonyl (C=O) groups is 8. The summed E-state index contributed by atoms with van der Waals surface area (Å²) in [6.07, 6.45) is -2.52. The highest BCUT2D eigenvalue weighted by molar-refractivity contribution is 7.52. The van der Waals surface area contributed by atoms with Crippen molar-refractivity contribution in [2.75, 3.05) is 106 Å². The van der Waals surface area contributed by atoms with Crippen molar-refractivity contribution >= 4 is 63.0 Å². The quantitative estimate of drug-likeness (QED) is 0.0348. The molecule has 0 aromatic rings. The summed E-state index contributed by atoms with van der Waals surface area (Å²) in [5, 5.41) is 20.6. The van der Waals surface area contributed by atoms with E-state index < -0.39 is 51.8 Å². The molecule has 430 valence electrons. The van der Waals surface area contributed by atoms with E-state index in [0.717, 1.165) is 17.2 Å². The summed E-state index contributed by atoms with van der Waals surface area (Å²) in [5.41, 5.74) is 10.8. The van der Waals surface area contributed by atoms with Crippen molar-refractivity contribution in [2.24, 2.45) is 17.4 Å². The maximum atomic E-state index is 12.2. The summed E-state index contributed by atoms with van der Waals surface area (Å²) < 4.78 is 49.8. The van der Waals surface area contributed by atoms with Crippen molar-refractivity contribution in [3.05, 3.63) is 0 Å². The van der Waals surface area contributed by atoms with Gasteiger partial charge >= 0.3 is 27.6 Å². The maximum Gasteiger partial charge on any atom is 0.472 e. The lowest BCUT2D eigenvalue weighted by molar-refractivity contribution is -0.166. The van der Waals surface area contributed by atoms with E-state index in [4.69, 9.17) is 39.7 Å². The number of rotatable bonds is 27. The molecule has 74 heavy (non-hydrogen) atoms. The van der Waals surface area contributed by atoms with Crippen molar-refractivity contribution in [3.8, 4) is 0 Å². The lowest BCUT2D eigenvalue weighted by atomic mass is 10.0. The third kappa shape index (κ3) is 28.4. The highest BCUT2D eigenvalue weighted by Crippen LogP contribution is 2.50. The van der Waals surface area contributed by atoms with Gasteiger partial charge < -0.3 is 81.1 Å². The van der Waals surface area contributed by atoms with Gasteiger partial charge in [0.15, 0.2) is 0 Å². The normalized spacial score (nSPS) is 20.3. The lowest BCUT2D eigenvalue weighted by Gasteiger charge is -2.23. The lowest BCUT2D eigenvalue weighted by Crippen LogP contribution is -2.46. The largest absolute Gasteiger partial charge is 0.472 e. The molecule has 2 rings (SSSR count). The number of ether oxygens (including phenoxy) is 2. The Bertz CT molecular complexity index is 1780. The molecule has 2 fully saturated rings. The molecule has 2 heterocycles. The highest BCUT2D eigenvalue weighted by Gasteiger charge is 2.42. The zero-order valence-electron chi connectivity index (χ0n) is 44.0. The molecule has 2 aliphatic rings. The fourth-order valence-corrected chi connectivity index (χ4v) is 8.88. The first-order valence-corrected chi connectivity index (χ1v) is 27.4. The van der Waals surface area contributed by atoms with Gasteiger partial charge in [0.2, 0.25) is 23.6 Å². The Morgan fingerprint density at radius 3 is 1.68 bits per heavy atom. The van der Waals surface area contributed by atoms with Gasteiger partial charge in [0.25, 0.3) is 11.8 Å². The minimum absolute atomic E-state index is 0.0433. The number of amides is 8. The van der Waals surface area contributed by atoms with E-state index >= 15 is 0 Å². The molecule has 2 saturated heterocycles. The van der Waals surface area contributed by atoms with Crippen LogP contribution in [-0.2, 0) is 70.6 Å². The third-order valence-corrected chi connectivity index (χ3v) is 13.1. The molecule has 11 N–H and O–H groups in total. The molecule has 0 aromatic carbocycles. The Morgan fingerprint density at radius 2 is 1.16 bits per heavy atom. The number of nitrogens with zero attached hydrogens (tertiary/aromatic N) is 4. The van der Waals surface area contributed by atoms with Crippen molar-refractivity contribution in [3.63, 3.8) is 0 Å². The van der Waals surface area contributed by atoms with Crippen molar-refractivity contribution < 1.29 is 95.1 Å². The summed E-state index contributed by atoms with van der Waals surface area (Å²) in [6, 6.07) is 0. The Balaban J connectivity index is 0.00000108. The highest BCUT2D eigenvalue weighted by atomic mass is 31.2. The topological polar surface area (TPSA) is 409 Å². The molecule has 0 spiro atoms. The second-order valence-electron chi connectivity index (χ2n) is 16.4. The van der Waals surface area contributed by atoms with E-state index in [9.17, 15) is 62.4 Å². The molecule has 2 aliphatic heterocycles. The van der Waals surface area contributed by atoms with Gasteiger partial charge in [-0.3, -0.25) is 42.4 Å². The molecule has 0 aliphatic carbocycles. The standard InChI is InChI=1S/C15H29N5O4.C14H28O10P2.C13H25N5O6/c1-4-14(23)19(8-6-16)11-13(22)18-7-9-20(15(24)5-2)10-12(21)17-3;1-9-4-11(8-25(16,17)20-3)14(23-9)7-21-26(18,19)24-12-5-10(2)22-13(12)6-15;1-4-10(19)17(8-6-14)24-13(22)16-7-9-18(11(20)5-2)23-12(21)15-3/h4-11,16H2,1-3H3,(H,17,21)(H,18,22);9-15H,4-8H2,1-3H3,(H,16,17)(H,18,19);4-9,14H2,1-3H3,(H,15,21)(H,16,22). The van der Waals surface area contributed by atoms with Crippen LogP contribution in [0.25, 0.3) is 0 Å². The predicted molar refractivity (Wildman–Crippen MR) is 264 cm³/mol. The van der Waals surface area contributed by atoms with Gasteiger partial charge in [-0.2, -0.15) is 10.1 Å². The van der Waals surface area contributed by atoms with Crippen LogP contribution in [0.1, 0.15) is 80.1 Å². The monoisotopic (exact) mass is 1110 g/mol. The summed E-state index contributed by atoms with van der Waals surface area (Å²) in [6.45, 7) is 10.6. The van der Waals surface area contributed by atoms with E-state index in [1.165, 1.54) is 23.9 Å². The second kappa shape index (κ2) is 37.2. The predicted octanol–water partition coefficient (Wildman–Crippen LogP) is -1.10. The fourth-order valence-electron chi connectivity index (χ4n) is 6.79. The average Bonchev–Trinajstić information content (AvgIpc) is 3.91. The molecular weight excluding hydrogens is 1030 g/mol. The van der Waals surface area contributed by atoms with Crippen LogP contribution in [0.4, 0.5) is 9.59 Å². The van der Waals surface area contributed by atoms with Crippen LogP contribution in [0, 0.1) is 5.92 Å². The summed E-state index contributed by atoms with van der Waals surface area (Å²) >= 11 is 0. The first kappa shape index (κ1) is 69.4. The molecular formula is C42H82N10O20P2. The molecule has 30 nitrogen and oxygen atoms in total. The smallest absolute Gasteiger partial charge is 0.394 e. The first-order valence-electron chi connectivity index (χ1n) is 24.2. The first-order chi connectivity index (χ1) is 34.8. The molecule has 8 atom stereocenters. The number of phosphoric ester groups is 1. The SMILES string of the molecule is CCC(=O)N(CCNC(=O)CN(CCN)C(=O)CC)CC(=O)NC.CCC(=O)N(CCNC(=O)ON(CCN)C(=O)CC)OC(=O)NC.COP(=O)(O)CC1CC(C)OC1COP(=O)(O)OC1CC(C)OC1CO. The molecule has 0 radical (unpaired) electrons. The van der Waals surface area contributed by atoms with E-state index in [1.807, 2.05) is 0 Å². The van der Waals surface area contributed by atoms with Crippen LogP contribution >= 0.6 is 15.4 Å². The number of likely N-dealkylation sites (N-methyl/N-ethyl adjacent to an activating group) is 1. The molecule has 0 bridgehead atoms. The van der Waals surface area contributed by atoms with Gasteiger partial charge in [-0.05, 0) is 20.3 Å². The Labute approximate surface area is 432 Å². The minimum atomic E-state index is -4.41. The number of nitrogens with two attached hydrogens (primary N) is 2. The number of phosphoric acid groups is 1. The summed E-state index contributed by atoms with van der Waals surface area (Å²) in [5.74, 6) is -2.07. The van der Waals surface area contributed by atoms with Crippen LogP contribution in [0.3, 0.4) is 0 Å². The van der Waals surface area contributed by atoms with Crippen molar-refractivity contribution in [2.45, 2.75) is 111 Å². The number of hydrogen-bond acceptors (Lipinski definition) is 20. The van der Waals surface area contributed by atoms with Gasteiger partial charge in [-0.25, -0.2) is 14.2 Å². The molecule has 0 aromatic heterocycles. The van der Waals surface area contributed by atoms with Gasteiger partial charge in [0.1, 0.15) is 12.2 Å². The van der Waals surface area contributed by atoms with Crippen LogP contribution in [-0.4, -0.2) is 219 Å².